The van der Waals surface area contributed by atoms with Gasteiger partial charge in [0.05, 0.1) is 22.7 Å². The molecule has 126 valence electrons. The van der Waals surface area contributed by atoms with Gasteiger partial charge in [-0.3, -0.25) is 0 Å². The van der Waals surface area contributed by atoms with Gasteiger partial charge in [0, 0.05) is 6.54 Å². The van der Waals surface area contributed by atoms with Crippen molar-refractivity contribution in [3.63, 3.8) is 0 Å². The van der Waals surface area contributed by atoms with Crippen LogP contribution in [0.4, 0.5) is 0 Å². The Bertz CT molecular complexity index is 404. The van der Waals surface area contributed by atoms with Gasteiger partial charge in [-0.25, -0.2) is 8.42 Å². The number of hydrogen-bond acceptors (Lipinski definition) is 4. The van der Waals surface area contributed by atoms with E-state index >= 15 is 0 Å². The van der Waals surface area contributed by atoms with E-state index < -0.39 is 14.6 Å². The van der Waals surface area contributed by atoms with Gasteiger partial charge in [0.2, 0.25) is 0 Å². The van der Waals surface area contributed by atoms with E-state index in [0.29, 0.717) is 6.54 Å². The highest BCUT2D eigenvalue weighted by atomic mass is 32.2. The summed E-state index contributed by atoms with van der Waals surface area (Å²) in [6.45, 7) is 8.17. The van der Waals surface area contributed by atoms with E-state index in [9.17, 15) is 8.42 Å². The van der Waals surface area contributed by atoms with Gasteiger partial charge in [0.15, 0.2) is 9.84 Å². The van der Waals surface area contributed by atoms with E-state index in [-0.39, 0.29) is 18.0 Å². The summed E-state index contributed by atoms with van der Waals surface area (Å²) < 4.78 is 29.5. The molecule has 1 rings (SSSR count). The lowest BCUT2D eigenvalue weighted by Crippen LogP contribution is -2.45. The average Bonchev–Trinajstić information content (AvgIpc) is 2.40. The lowest BCUT2D eigenvalue weighted by molar-refractivity contribution is -0.0656. The van der Waals surface area contributed by atoms with E-state index in [1.807, 2.05) is 0 Å². The van der Waals surface area contributed by atoms with Crippen LogP contribution in [0.3, 0.4) is 0 Å². The molecule has 0 atom stereocenters. The molecule has 0 aromatic carbocycles. The number of sulfone groups is 1. The minimum atomic E-state index is -3.12. The van der Waals surface area contributed by atoms with Crippen LogP contribution < -0.4 is 5.73 Å². The van der Waals surface area contributed by atoms with Crippen LogP contribution in [0.25, 0.3) is 0 Å². The number of rotatable bonds is 7. The van der Waals surface area contributed by atoms with Gasteiger partial charge in [-0.2, -0.15) is 0 Å². The zero-order valence-electron chi connectivity index (χ0n) is 14.2. The number of nitrogens with two attached hydrogens (primary N) is 1. The molecule has 0 unspecified atom stereocenters. The predicted octanol–water partition coefficient (Wildman–Crippen LogP) is 2.90. The minimum Gasteiger partial charge on any atom is -0.373 e. The second-order valence-corrected chi connectivity index (χ2v) is 10.3. The lowest BCUT2D eigenvalue weighted by Gasteiger charge is -2.39. The summed E-state index contributed by atoms with van der Waals surface area (Å²) in [5.74, 6) is 0.869. The average molecular weight is 320 g/mol. The molecule has 1 fully saturated rings. The van der Waals surface area contributed by atoms with Crippen molar-refractivity contribution in [3.8, 4) is 0 Å². The van der Waals surface area contributed by atoms with Crippen molar-refractivity contribution in [2.75, 3.05) is 18.9 Å². The molecule has 1 aliphatic carbocycles. The summed E-state index contributed by atoms with van der Waals surface area (Å²) in [4.78, 5) is 0. The van der Waals surface area contributed by atoms with Crippen LogP contribution in [0, 0.1) is 5.92 Å². The van der Waals surface area contributed by atoms with Gasteiger partial charge in [-0.1, -0.05) is 19.8 Å². The van der Waals surface area contributed by atoms with Crippen LogP contribution >= 0.6 is 0 Å². The van der Waals surface area contributed by atoms with E-state index in [0.717, 1.165) is 31.6 Å². The van der Waals surface area contributed by atoms with Crippen molar-refractivity contribution < 1.29 is 13.2 Å². The molecule has 0 radical (unpaired) electrons. The summed E-state index contributed by atoms with van der Waals surface area (Å²) in [6.07, 6.45) is 6.73. The Hall–Kier alpha value is -0.130. The van der Waals surface area contributed by atoms with E-state index in [1.54, 1.807) is 20.8 Å². The molecule has 0 heterocycles. The first-order chi connectivity index (χ1) is 9.66. The largest absolute Gasteiger partial charge is 0.373 e. The second-order valence-electron chi connectivity index (χ2n) is 7.40. The van der Waals surface area contributed by atoms with Crippen LogP contribution in [-0.2, 0) is 14.6 Å². The molecular weight excluding hydrogens is 286 g/mol. The Labute approximate surface area is 130 Å². The Morgan fingerprint density at radius 3 is 2.24 bits per heavy atom. The van der Waals surface area contributed by atoms with Gasteiger partial charge in [0.1, 0.15) is 0 Å². The molecule has 0 aliphatic heterocycles. The summed E-state index contributed by atoms with van der Waals surface area (Å²) >= 11 is 0. The third-order valence-corrected chi connectivity index (χ3v) is 7.35. The van der Waals surface area contributed by atoms with E-state index in [1.165, 1.54) is 12.8 Å². The number of ether oxygens (including phenoxy) is 1. The van der Waals surface area contributed by atoms with Gasteiger partial charge < -0.3 is 10.5 Å². The topological polar surface area (TPSA) is 69.4 Å². The lowest BCUT2D eigenvalue weighted by atomic mass is 9.77. The SMILES string of the molecule is CCCC1CCC(CN)(OCCS(=O)(=O)C(C)(C)C)CC1. The van der Waals surface area contributed by atoms with Crippen LogP contribution in [0.1, 0.15) is 66.2 Å². The summed E-state index contributed by atoms with van der Waals surface area (Å²) in [6, 6.07) is 0. The normalized spacial score (nSPS) is 27.8. The molecule has 4 nitrogen and oxygen atoms in total. The molecule has 2 N–H and O–H groups in total. The Kier molecular flexibility index (Phi) is 6.69. The van der Waals surface area contributed by atoms with Crippen LogP contribution in [0.2, 0.25) is 0 Å². The van der Waals surface area contributed by atoms with Gasteiger partial charge in [-0.05, 0) is 52.4 Å². The Balaban J connectivity index is 2.49. The fourth-order valence-corrected chi connectivity index (χ4v) is 3.90. The molecule has 1 aliphatic rings. The van der Waals surface area contributed by atoms with Crippen molar-refractivity contribution in [3.05, 3.63) is 0 Å². The molecule has 0 saturated heterocycles. The van der Waals surface area contributed by atoms with Gasteiger partial charge in [0.25, 0.3) is 0 Å². The third-order valence-electron chi connectivity index (χ3n) is 4.78. The maximum atomic E-state index is 12.1. The Morgan fingerprint density at radius 1 is 1.24 bits per heavy atom. The summed E-state index contributed by atoms with van der Waals surface area (Å²) in [7, 11) is -3.12. The zero-order valence-corrected chi connectivity index (χ0v) is 15.0. The molecule has 5 heteroatoms. The number of hydrogen-bond donors (Lipinski definition) is 1. The molecule has 1 saturated carbocycles. The first-order valence-corrected chi connectivity index (χ1v) is 9.87. The monoisotopic (exact) mass is 319 g/mol. The Morgan fingerprint density at radius 2 is 1.81 bits per heavy atom. The zero-order chi connectivity index (χ0) is 16.1. The van der Waals surface area contributed by atoms with Gasteiger partial charge >= 0.3 is 0 Å². The van der Waals surface area contributed by atoms with Crippen LogP contribution in [-0.4, -0.2) is 37.7 Å². The van der Waals surface area contributed by atoms with Crippen molar-refractivity contribution in [1.29, 1.82) is 0 Å². The fraction of sp³-hybridized carbons (Fsp3) is 1.00. The maximum Gasteiger partial charge on any atom is 0.157 e. The van der Waals surface area contributed by atoms with E-state index in [4.69, 9.17) is 10.5 Å². The quantitative estimate of drug-likeness (QED) is 0.783. The molecule has 0 amide bonds. The molecule has 0 aromatic rings. The van der Waals surface area contributed by atoms with E-state index in [2.05, 4.69) is 6.92 Å². The highest BCUT2D eigenvalue weighted by Gasteiger charge is 2.36. The minimum absolute atomic E-state index is 0.0800. The molecule has 0 bridgehead atoms. The van der Waals surface area contributed by atoms with Crippen LogP contribution in [0.15, 0.2) is 0 Å². The highest BCUT2D eigenvalue weighted by Crippen LogP contribution is 2.36. The standard InChI is InChI=1S/C16H33NO3S/c1-5-6-14-7-9-16(13-17,10-8-14)20-11-12-21(18,19)15(2,3)4/h14H,5-13,17H2,1-4H3. The molecular formula is C16H33NO3S. The first-order valence-electron chi connectivity index (χ1n) is 8.22. The van der Waals surface area contributed by atoms with Crippen molar-refractivity contribution in [2.45, 2.75) is 76.6 Å². The maximum absolute atomic E-state index is 12.1. The summed E-state index contributed by atoms with van der Waals surface area (Å²) in [5.41, 5.74) is 5.62. The molecule has 0 aromatic heterocycles. The first kappa shape index (κ1) is 18.9. The molecule has 21 heavy (non-hydrogen) atoms. The second kappa shape index (κ2) is 7.42. The summed E-state index contributed by atoms with van der Waals surface area (Å²) in [5, 5.41) is 0. The van der Waals surface area contributed by atoms with Crippen LogP contribution in [0.5, 0.6) is 0 Å². The van der Waals surface area contributed by atoms with Crippen molar-refractivity contribution in [2.24, 2.45) is 11.7 Å². The predicted molar refractivity (Wildman–Crippen MR) is 88.1 cm³/mol. The van der Waals surface area contributed by atoms with Gasteiger partial charge in [-0.15, -0.1) is 0 Å². The fourth-order valence-electron chi connectivity index (χ4n) is 2.98. The smallest absolute Gasteiger partial charge is 0.157 e. The van der Waals surface area contributed by atoms with Crippen molar-refractivity contribution >= 4 is 9.84 Å². The van der Waals surface area contributed by atoms with Crippen molar-refractivity contribution in [1.82, 2.24) is 0 Å². The highest BCUT2D eigenvalue weighted by molar-refractivity contribution is 7.92. The molecule has 0 spiro atoms. The third kappa shape index (κ3) is 5.22.